The monoisotopic (exact) mass is 380 g/mol. The smallest absolute Gasteiger partial charge is 0.317 e. The number of para-hydroxylation sites is 2. The van der Waals surface area contributed by atoms with Crippen LogP contribution in [0.3, 0.4) is 0 Å². The predicted molar refractivity (Wildman–Crippen MR) is 97.7 cm³/mol. The highest BCUT2D eigenvalue weighted by atomic mass is 16.6. The average molecular weight is 380 g/mol. The van der Waals surface area contributed by atoms with Crippen LogP contribution in [-0.2, 0) is 14.3 Å². The average Bonchev–Trinajstić information content (AvgIpc) is 2.61. The number of carbonyl (C=O) groups is 2. The van der Waals surface area contributed by atoms with Crippen molar-refractivity contribution in [2.45, 2.75) is 12.5 Å². The molecule has 148 valence electrons. The SMILES string of the molecule is CN(CC(=O)O)CC1CN(C(=O)CCNc2ccccc2[N+](=O)[O-])CCO1. The Morgan fingerprint density at radius 2 is 2.19 bits per heavy atom. The lowest BCUT2D eigenvalue weighted by Crippen LogP contribution is -2.49. The number of nitro benzene ring substituents is 1. The van der Waals surface area contributed by atoms with Crippen LogP contribution in [0.15, 0.2) is 24.3 Å². The quantitative estimate of drug-likeness (QED) is 0.472. The summed E-state index contributed by atoms with van der Waals surface area (Å²) in [6.07, 6.45) is -0.0424. The van der Waals surface area contributed by atoms with Crippen LogP contribution in [0.25, 0.3) is 0 Å². The van der Waals surface area contributed by atoms with E-state index in [0.717, 1.165) is 0 Å². The first-order chi connectivity index (χ1) is 12.9. The van der Waals surface area contributed by atoms with E-state index in [1.165, 1.54) is 6.07 Å². The molecule has 1 aromatic rings. The van der Waals surface area contributed by atoms with Crippen molar-refractivity contribution in [1.29, 1.82) is 0 Å². The van der Waals surface area contributed by atoms with Gasteiger partial charge in [-0.2, -0.15) is 0 Å². The summed E-state index contributed by atoms with van der Waals surface area (Å²) < 4.78 is 5.61. The Kier molecular flexibility index (Phi) is 7.50. The molecule has 1 aromatic carbocycles. The lowest BCUT2D eigenvalue weighted by Gasteiger charge is -2.34. The zero-order chi connectivity index (χ0) is 19.8. The number of nitro groups is 1. The molecule has 1 saturated heterocycles. The molecule has 1 unspecified atom stereocenters. The van der Waals surface area contributed by atoms with Crippen molar-refractivity contribution >= 4 is 23.3 Å². The zero-order valence-corrected chi connectivity index (χ0v) is 15.2. The van der Waals surface area contributed by atoms with Crippen molar-refractivity contribution in [3.05, 3.63) is 34.4 Å². The van der Waals surface area contributed by atoms with Crippen LogP contribution in [0.1, 0.15) is 6.42 Å². The molecular formula is C17H24N4O6. The van der Waals surface area contributed by atoms with Gasteiger partial charge in [-0.05, 0) is 13.1 Å². The van der Waals surface area contributed by atoms with Crippen molar-refractivity contribution in [2.24, 2.45) is 0 Å². The van der Waals surface area contributed by atoms with Gasteiger partial charge >= 0.3 is 5.97 Å². The van der Waals surface area contributed by atoms with Crippen LogP contribution >= 0.6 is 0 Å². The largest absolute Gasteiger partial charge is 0.480 e. The highest BCUT2D eigenvalue weighted by Crippen LogP contribution is 2.23. The highest BCUT2D eigenvalue weighted by Gasteiger charge is 2.25. The molecule has 0 radical (unpaired) electrons. The number of benzene rings is 1. The van der Waals surface area contributed by atoms with E-state index in [9.17, 15) is 19.7 Å². The van der Waals surface area contributed by atoms with Gasteiger partial charge in [0.25, 0.3) is 5.69 Å². The number of rotatable bonds is 9. The number of hydrogen-bond acceptors (Lipinski definition) is 7. The Bertz CT molecular complexity index is 683. The van der Waals surface area contributed by atoms with Gasteiger partial charge in [-0.25, -0.2) is 0 Å². The summed E-state index contributed by atoms with van der Waals surface area (Å²) in [7, 11) is 1.69. The van der Waals surface area contributed by atoms with E-state index in [1.807, 2.05) is 0 Å². The molecule has 10 nitrogen and oxygen atoms in total. The van der Waals surface area contributed by atoms with Gasteiger partial charge in [-0.1, -0.05) is 12.1 Å². The number of carbonyl (C=O) groups excluding carboxylic acids is 1. The van der Waals surface area contributed by atoms with E-state index in [-0.39, 0.29) is 37.2 Å². The first-order valence-electron chi connectivity index (χ1n) is 8.64. The second-order valence-corrected chi connectivity index (χ2v) is 6.37. The van der Waals surface area contributed by atoms with Crippen molar-refractivity contribution in [1.82, 2.24) is 9.80 Å². The van der Waals surface area contributed by atoms with Crippen molar-refractivity contribution in [3.8, 4) is 0 Å². The van der Waals surface area contributed by atoms with Crippen molar-refractivity contribution in [2.75, 3.05) is 51.7 Å². The van der Waals surface area contributed by atoms with E-state index in [2.05, 4.69) is 5.32 Å². The van der Waals surface area contributed by atoms with E-state index >= 15 is 0 Å². The maximum absolute atomic E-state index is 12.4. The lowest BCUT2D eigenvalue weighted by atomic mass is 10.2. The standard InChI is InChI=1S/C17H24N4O6/c1-19(12-17(23)24)10-13-11-20(8-9-27-13)16(22)6-7-18-14-4-2-3-5-15(14)21(25)26/h2-5,13,18H,6-12H2,1H3,(H,23,24). The lowest BCUT2D eigenvalue weighted by molar-refractivity contribution is -0.384. The van der Waals surface area contributed by atoms with E-state index < -0.39 is 10.9 Å². The number of anilines is 1. The van der Waals surface area contributed by atoms with Crippen LogP contribution in [0.2, 0.25) is 0 Å². The van der Waals surface area contributed by atoms with Crippen LogP contribution in [0, 0.1) is 10.1 Å². The minimum absolute atomic E-state index is 0.0298. The summed E-state index contributed by atoms with van der Waals surface area (Å²) in [5.41, 5.74) is 0.350. The molecule has 0 saturated carbocycles. The fraction of sp³-hybridized carbons (Fsp3) is 0.529. The summed E-state index contributed by atoms with van der Waals surface area (Å²) in [6.45, 7) is 1.88. The Morgan fingerprint density at radius 3 is 2.89 bits per heavy atom. The molecule has 27 heavy (non-hydrogen) atoms. The molecule has 2 N–H and O–H groups in total. The topological polar surface area (TPSA) is 125 Å². The first-order valence-corrected chi connectivity index (χ1v) is 8.64. The van der Waals surface area contributed by atoms with Gasteiger partial charge < -0.3 is 20.1 Å². The number of likely N-dealkylation sites (N-methyl/N-ethyl adjacent to an activating group) is 1. The Morgan fingerprint density at radius 1 is 1.44 bits per heavy atom. The molecule has 1 heterocycles. The molecule has 0 aromatic heterocycles. The number of aliphatic carboxylic acids is 1. The number of nitrogens with zero attached hydrogens (tertiary/aromatic N) is 3. The van der Waals surface area contributed by atoms with Crippen LogP contribution in [0.4, 0.5) is 11.4 Å². The second-order valence-electron chi connectivity index (χ2n) is 6.37. The molecule has 1 aliphatic rings. The van der Waals surface area contributed by atoms with Gasteiger partial charge in [-0.3, -0.25) is 24.6 Å². The Labute approximate surface area is 156 Å². The van der Waals surface area contributed by atoms with E-state index in [4.69, 9.17) is 9.84 Å². The molecule has 10 heteroatoms. The molecule has 0 bridgehead atoms. The van der Waals surface area contributed by atoms with Gasteiger partial charge in [0.05, 0.1) is 24.2 Å². The van der Waals surface area contributed by atoms with Crippen LogP contribution < -0.4 is 5.32 Å². The van der Waals surface area contributed by atoms with Crippen LogP contribution in [0.5, 0.6) is 0 Å². The summed E-state index contributed by atoms with van der Waals surface area (Å²) in [6, 6.07) is 6.29. The maximum Gasteiger partial charge on any atom is 0.317 e. The molecule has 1 amide bonds. The number of ether oxygens (including phenoxy) is 1. The van der Waals surface area contributed by atoms with E-state index in [1.54, 1.807) is 35.0 Å². The minimum Gasteiger partial charge on any atom is -0.480 e. The predicted octanol–water partition coefficient (Wildman–Crippen LogP) is 0.641. The molecular weight excluding hydrogens is 356 g/mol. The van der Waals surface area contributed by atoms with Gasteiger partial charge in [0, 0.05) is 38.7 Å². The summed E-state index contributed by atoms with van der Waals surface area (Å²) in [5, 5.41) is 22.7. The van der Waals surface area contributed by atoms with E-state index in [0.29, 0.717) is 31.9 Å². The molecule has 2 rings (SSSR count). The fourth-order valence-electron chi connectivity index (χ4n) is 2.94. The number of nitrogens with one attached hydrogen (secondary N) is 1. The first kappa shape index (κ1) is 20.6. The summed E-state index contributed by atoms with van der Waals surface area (Å²) in [4.78, 5) is 37.0. The summed E-state index contributed by atoms with van der Waals surface area (Å²) >= 11 is 0. The van der Waals surface area contributed by atoms with Gasteiger partial charge in [0.15, 0.2) is 0 Å². The number of carboxylic acid groups (broad SMARTS) is 1. The van der Waals surface area contributed by atoms with Crippen molar-refractivity contribution in [3.63, 3.8) is 0 Å². The molecule has 0 spiro atoms. The third-order valence-electron chi connectivity index (χ3n) is 4.17. The second kappa shape index (κ2) is 9.83. The number of morpholine rings is 1. The fourth-order valence-corrected chi connectivity index (χ4v) is 2.94. The Hall–Kier alpha value is -2.72. The minimum atomic E-state index is -0.915. The zero-order valence-electron chi connectivity index (χ0n) is 15.2. The van der Waals surface area contributed by atoms with Gasteiger partial charge in [0.2, 0.25) is 5.91 Å². The molecule has 1 atom stereocenters. The highest BCUT2D eigenvalue weighted by molar-refractivity contribution is 5.77. The molecule has 1 aliphatic heterocycles. The molecule has 0 aliphatic carbocycles. The number of hydrogen-bond donors (Lipinski definition) is 2. The third kappa shape index (κ3) is 6.50. The van der Waals surface area contributed by atoms with Gasteiger partial charge in [-0.15, -0.1) is 0 Å². The third-order valence-corrected chi connectivity index (χ3v) is 4.17. The molecule has 1 fully saturated rings. The summed E-state index contributed by atoms with van der Waals surface area (Å²) in [5.74, 6) is -0.988. The van der Waals surface area contributed by atoms with Crippen molar-refractivity contribution < 1.29 is 24.4 Å². The van der Waals surface area contributed by atoms with Crippen LogP contribution in [-0.4, -0.2) is 84.2 Å². The normalized spacial score (nSPS) is 17.0. The number of carboxylic acids is 1. The van der Waals surface area contributed by atoms with Gasteiger partial charge in [0.1, 0.15) is 5.69 Å². The maximum atomic E-state index is 12.4. The number of amides is 1. The Balaban J connectivity index is 1.80.